The van der Waals surface area contributed by atoms with Crippen LogP contribution in [0.15, 0.2) is 28.9 Å². The van der Waals surface area contributed by atoms with Crippen molar-refractivity contribution >= 4 is 15.9 Å². The Morgan fingerprint density at radius 2 is 2.00 bits per heavy atom. The van der Waals surface area contributed by atoms with Crippen molar-refractivity contribution in [2.75, 3.05) is 0 Å². The summed E-state index contributed by atoms with van der Waals surface area (Å²) in [6.45, 7) is 0. The highest BCUT2D eigenvalue weighted by Gasteiger charge is 2.19. The van der Waals surface area contributed by atoms with Gasteiger partial charge in [0, 0.05) is 7.05 Å². The van der Waals surface area contributed by atoms with Gasteiger partial charge < -0.3 is 5.11 Å². The molecule has 0 aliphatic rings. The summed E-state index contributed by atoms with van der Waals surface area (Å²) in [6, 6.07) is 5.66. The molecule has 1 N–H and O–H groups in total. The summed E-state index contributed by atoms with van der Waals surface area (Å²) in [6.07, 6.45) is -0.880. The maximum Gasteiger partial charge on any atom is 0.154 e. The molecule has 0 fully saturated rings. The van der Waals surface area contributed by atoms with Gasteiger partial charge in [0.05, 0.1) is 0 Å². The zero-order valence-electron chi connectivity index (χ0n) is 8.43. The third kappa shape index (κ3) is 1.98. The summed E-state index contributed by atoms with van der Waals surface area (Å²) < 4.78 is 14.7. The molecule has 16 heavy (non-hydrogen) atoms. The van der Waals surface area contributed by atoms with Crippen LogP contribution in [0.5, 0.6) is 0 Å². The van der Waals surface area contributed by atoms with Crippen LogP contribution in [0.1, 0.15) is 17.4 Å². The van der Waals surface area contributed by atoms with Crippen LogP contribution in [0, 0.1) is 5.82 Å². The van der Waals surface area contributed by atoms with E-state index in [0.29, 0.717) is 15.9 Å². The van der Waals surface area contributed by atoms with Crippen LogP contribution in [0.3, 0.4) is 0 Å². The molecule has 0 bridgehead atoms. The van der Waals surface area contributed by atoms with Gasteiger partial charge in [0.15, 0.2) is 4.60 Å². The lowest BCUT2D eigenvalue weighted by Gasteiger charge is -2.10. The second-order valence-electron chi connectivity index (χ2n) is 3.34. The van der Waals surface area contributed by atoms with E-state index < -0.39 is 6.10 Å². The Morgan fingerprint density at radius 1 is 1.38 bits per heavy atom. The van der Waals surface area contributed by atoms with Crippen LogP contribution in [-0.2, 0) is 7.05 Å². The fourth-order valence-electron chi connectivity index (χ4n) is 1.43. The number of benzene rings is 1. The normalized spacial score (nSPS) is 12.8. The molecular weight excluding hydrogens is 277 g/mol. The van der Waals surface area contributed by atoms with Crippen LogP contribution in [0.2, 0.25) is 0 Å². The molecule has 1 aromatic carbocycles. The van der Waals surface area contributed by atoms with Gasteiger partial charge >= 0.3 is 0 Å². The Morgan fingerprint density at radius 3 is 2.50 bits per heavy atom. The van der Waals surface area contributed by atoms with Crippen molar-refractivity contribution in [1.82, 2.24) is 15.0 Å². The van der Waals surface area contributed by atoms with Gasteiger partial charge in [-0.15, -0.1) is 5.10 Å². The quantitative estimate of drug-likeness (QED) is 0.915. The predicted octanol–water partition coefficient (Wildman–Crippen LogP) is 1.80. The zero-order valence-corrected chi connectivity index (χ0v) is 10.0. The molecule has 1 unspecified atom stereocenters. The molecule has 0 spiro atoms. The summed E-state index contributed by atoms with van der Waals surface area (Å²) in [4.78, 5) is 0. The number of hydrogen-bond donors (Lipinski definition) is 1. The molecular formula is C10H9BrFN3O. The van der Waals surface area contributed by atoms with Gasteiger partial charge in [-0.05, 0) is 33.6 Å². The Labute approximate surface area is 99.8 Å². The molecule has 0 aliphatic heterocycles. The Kier molecular flexibility index (Phi) is 3.02. The second kappa shape index (κ2) is 4.31. The van der Waals surface area contributed by atoms with Gasteiger partial charge in [0.1, 0.15) is 17.6 Å². The number of aryl methyl sites for hydroxylation is 1. The Balaban J connectivity index is 2.39. The van der Waals surface area contributed by atoms with E-state index in [9.17, 15) is 9.50 Å². The van der Waals surface area contributed by atoms with Crippen molar-refractivity contribution in [2.24, 2.45) is 7.05 Å². The summed E-state index contributed by atoms with van der Waals surface area (Å²) >= 11 is 3.20. The number of aliphatic hydroxyl groups is 1. The molecule has 0 aliphatic carbocycles. The minimum Gasteiger partial charge on any atom is -0.382 e. The van der Waals surface area contributed by atoms with Gasteiger partial charge in [-0.2, -0.15) is 0 Å². The van der Waals surface area contributed by atoms with Crippen LogP contribution in [-0.4, -0.2) is 20.1 Å². The van der Waals surface area contributed by atoms with Gasteiger partial charge in [0.2, 0.25) is 0 Å². The highest BCUT2D eigenvalue weighted by atomic mass is 79.9. The van der Waals surface area contributed by atoms with Crippen molar-refractivity contribution in [3.05, 3.63) is 45.9 Å². The van der Waals surface area contributed by atoms with Crippen LogP contribution in [0.25, 0.3) is 0 Å². The van der Waals surface area contributed by atoms with E-state index in [2.05, 4.69) is 26.2 Å². The minimum atomic E-state index is -0.880. The van der Waals surface area contributed by atoms with Crippen molar-refractivity contribution < 1.29 is 9.50 Å². The van der Waals surface area contributed by atoms with E-state index >= 15 is 0 Å². The SMILES string of the molecule is Cn1nnc(Br)c1C(O)c1ccc(F)cc1. The molecule has 0 amide bonds. The Hall–Kier alpha value is -1.27. The summed E-state index contributed by atoms with van der Waals surface area (Å²) in [7, 11) is 1.68. The summed E-state index contributed by atoms with van der Waals surface area (Å²) in [5.74, 6) is -0.335. The summed E-state index contributed by atoms with van der Waals surface area (Å²) in [5, 5.41) is 17.6. The summed E-state index contributed by atoms with van der Waals surface area (Å²) in [5.41, 5.74) is 1.12. The minimum absolute atomic E-state index is 0.335. The topological polar surface area (TPSA) is 50.9 Å². The molecule has 4 nitrogen and oxygen atoms in total. The molecule has 0 radical (unpaired) electrons. The van der Waals surface area contributed by atoms with E-state index in [4.69, 9.17) is 0 Å². The highest BCUT2D eigenvalue weighted by Crippen LogP contribution is 2.26. The predicted molar refractivity (Wildman–Crippen MR) is 59.2 cm³/mol. The maximum absolute atomic E-state index is 12.7. The smallest absolute Gasteiger partial charge is 0.154 e. The molecule has 1 atom stereocenters. The number of nitrogens with zero attached hydrogens (tertiary/aromatic N) is 3. The van der Waals surface area contributed by atoms with E-state index in [-0.39, 0.29) is 5.82 Å². The van der Waals surface area contributed by atoms with Crippen molar-refractivity contribution in [3.63, 3.8) is 0 Å². The first kappa shape index (κ1) is 11.2. The van der Waals surface area contributed by atoms with Gasteiger partial charge in [-0.1, -0.05) is 17.3 Å². The lowest BCUT2D eigenvalue weighted by Crippen LogP contribution is -2.07. The number of aromatic nitrogens is 3. The highest BCUT2D eigenvalue weighted by molar-refractivity contribution is 9.10. The zero-order chi connectivity index (χ0) is 11.7. The fourth-order valence-corrected chi connectivity index (χ4v) is 1.98. The number of hydrogen-bond acceptors (Lipinski definition) is 3. The van der Waals surface area contributed by atoms with Crippen molar-refractivity contribution in [3.8, 4) is 0 Å². The number of halogens is 2. The van der Waals surface area contributed by atoms with E-state index in [1.165, 1.54) is 28.9 Å². The first-order valence-corrected chi connectivity index (χ1v) is 5.37. The van der Waals surface area contributed by atoms with Crippen LogP contribution < -0.4 is 0 Å². The van der Waals surface area contributed by atoms with E-state index in [0.717, 1.165) is 0 Å². The largest absolute Gasteiger partial charge is 0.382 e. The molecule has 84 valence electrons. The average molecular weight is 286 g/mol. The molecule has 0 saturated carbocycles. The molecule has 1 aromatic heterocycles. The third-order valence-corrected chi connectivity index (χ3v) is 2.84. The molecule has 2 aromatic rings. The molecule has 1 heterocycles. The lowest BCUT2D eigenvalue weighted by molar-refractivity contribution is 0.209. The Bertz CT molecular complexity index is 478. The third-order valence-electron chi connectivity index (χ3n) is 2.27. The molecule has 2 rings (SSSR count). The van der Waals surface area contributed by atoms with E-state index in [1.54, 1.807) is 7.05 Å². The van der Waals surface area contributed by atoms with Gasteiger partial charge in [0.25, 0.3) is 0 Å². The average Bonchev–Trinajstić information content (AvgIpc) is 2.59. The molecule has 6 heteroatoms. The van der Waals surface area contributed by atoms with Gasteiger partial charge in [-0.25, -0.2) is 9.07 Å². The van der Waals surface area contributed by atoms with Crippen LogP contribution in [0.4, 0.5) is 4.39 Å². The van der Waals surface area contributed by atoms with E-state index in [1.807, 2.05) is 0 Å². The fraction of sp³-hybridized carbons (Fsp3) is 0.200. The molecule has 0 saturated heterocycles. The lowest BCUT2D eigenvalue weighted by atomic mass is 10.1. The number of aliphatic hydroxyl groups excluding tert-OH is 1. The second-order valence-corrected chi connectivity index (χ2v) is 4.09. The maximum atomic E-state index is 12.7. The number of rotatable bonds is 2. The first-order valence-electron chi connectivity index (χ1n) is 4.58. The monoisotopic (exact) mass is 285 g/mol. The first-order chi connectivity index (χ1) is 7.59. The van der Waals surface area contributed by atoms with Gasteiger partial charge in [-0.3, -0.25) is 0 Å². The standard InChI is InChI=1S/C10H9BrFN3O/c1-15-8(10(11)13-14-15)9(16)6-2-4-7(12)5-3-6/h2-5,9,16H,1H3. The van der Waals surface area contributed by atoms with Crippen molar-refractivity contribution in [1.29, 1.82) is 0 Å². The van der Waals surface area contributed by atoms with Crippen LogP contribution >= 0.6 is 15.9 Å². The van der Waals surface area contributed by atoms with Crippen molar-refractivity contribution in [2.45, 2.75) is 6.10 Å².